The van der Waals surface area contributed by atoms with Crippen LogP contribution in [0, 0.1) is 5.92 Å². The molecule has 1 unspecified atom stereocenters. The summed E-state index contributed by atoms with van der Waals surface area (Å²) in [6, 6.07) is 14.6. The Labute approximate surface area is 171 Å². The van der Waals surface area contributed by atoms with Crippen molar-refractivity contribution in [3.8, 4) is 0 Å². The summed E-state index contributed by atoms with van der Waals surface area (Å²) in [5.74, 6) is 0.626. The maximum atomic E-state index is 13.0. The van der Waals surface area contributed by atoms with Gasteiger partial charge in [0.25, 0.3) is 5.91 Å². The monoisotopic (exact) mass is 392 g/mol. The summed E-state index contributed by atoms with van der Waals surface area (Å²) < 4.78 is 0. The van der Waals surface area contributed by atoms with Gasteiger partial charge in [-0.15, -0.1) is 11.3 Å². The number of fused-ring (bicyclic) bond motifs is 2. The average molecular weight is 393 g/mol. The predicted octanol–water partition coefficient (Wildman–Crippen LogP) is 6.08. The molecule has 1 amide bonds. The van der Waals surface area contributed by atoms with Gasteiger partial charge in [0.05, 0.1) is 10.9 Å². The Kier molecular flexibility index (Phi) is 5.77. The van der Waals surface area contributed by atoms with Crippen molar-refractivity contribution in [2.75, 3.05) is 0 Å². The van der Waals surface area contributed by atoms with Gasteiger partial charge in [0, 0.05) is 11.1 Å². The second-order valence-corrected chi connectivity index (χ2v) is 9.24. The SMILES string of the molecule is CC(C)CCC(NC(=O)c1cc2cc3c(nc2s1)CCCC3)c1ccccc1. The first-order valence-electron chi connectivity index (χ1n) is 10.4. The maximum absolute atomic E-state index is 13.0. The fourth-order valence-corrected chi connectivity index (χ4v) is 4.88. The van der Waals surface area contributed by atoms with Crippen LogP contribution in [0.3, 0.4) is 0 Å². The van der Waals surface area contributed by atoms with Crippen LogP contribution in [0.2, 0.25) is 0 Å². The molecule has 1 atom stereocenters. The zero-order valence-corrected chi connectivity index (χ0v) is 17.5. The van der Waals surface area contributed by atoms with E-state index in [2.05, 4.69) is 37.4 Å². The van der Waals surface area contributed by atoms with E-state index in [1.54, 1.807) is 0 Å². The van der Waals surface area contributed by atoms with Crippen molar-refractivity contribution in [2.24, 2.45) is 5.92 Å². The Morgan fingerprint density at radius 3 is 2.68 bits per heavy atom. The quantitative estimate of drug-likeness (QED) is 0.552. The molecular formula is C24H28N2OS. The van der Waals surface area contributed by atoms with E-state index in [1.165, 1.54) is 41.0 Å². The first-order chi connectivity index (χ1) is 13.6. The number of benzene rings is 1. The third kappa shape index (κ3) is 4.27. The normalized spacial score (nSPS) is 14.8. The van der Waals surface area contributed by atoms with E-state index in [0.29, 0.717) is 5.92 Å². The van der Waals surface area contributed by atoms with Crippen LogP contribution in [0.4, 0.5) is 0 Å². The molecule has 0 saturated carbocycles. The fourth-order valence-electron chi connectivity index (χ4n) is 3.94. The van der Waals surface area contributed by atoms with E-state index in [9.17, 15) is 4.79 Å². The number of aromatic nitrogens is 1. The van der Waals surface area contributed by atoms with E-state index < -0.39 is 0 Å². The second kappa shape index (κ2) is 8.44. The minimum atomic E-state index is 0.0126. The van der Waals surface area contributed by atoms with Crippen LogP contribution in [0.1, 0.15) is 72.1 Å². The molecule has 0 spiro atoms. The van der Waals surface area contributed by atoms with Gasteiger partial charge < -0.3 is 5.32 Å². The Balaban J connectivity index is 1.56. The number of nitrogens with zero attached hydrogens (tertiary/aromatic N) is 1. The molecule has 2 heterocycles. The molecule has 4 heteroatoms. The minimum absolute atomic E-state index is 0.0126. The van der Waals surface area contributed by atoms with Crippen molar-refractivity contribution in [1.82, 2.24) is 10.3 Å². The molecule has 4 rings (SSSR count). The highest BCUT2D eigenvalue weighted by Gasteiger charge is 2.19. The molecule has 2 aromatic heterocycles. The van der Waals surface area contributed by atoms with Gasteiger partial charge in [0.15, 0.2) is 0 Å². The number of thiophene rings is 1. The van der Waals surface area contributed by atoms with Crippen molar-refractivity contribution in [3.05, 3.63) is 64.2 Å². The number of aryl methyl sites for hydroxylation is 2. The number of rotatable bonds is 6. The van der Waals surface area contributed by atoms with Gasteiger partial charge in [0.2, 0.25) is 0 Å². The molecule has 1 aliphatic carbocycles. The summed E-state index contributed by atoms with van der Waals surface area (Å²) >= 11 is 1.52. The molecule has 0 radical (unpaired) electrons. The lowest BCUT2D eigenvalue weighted by atomic mass is 9.95. The first kappa shape index (κ1) is 19.1. The molecule has 1 aliphatic rings. The van der Waals surface area contributed by atoms with Crippen molar-refractivity contribution in [1.29, 1.82) is 0 Å². The number of pyridine rings is 1. The molecule has 0 aliphatic heterocycles. The molecule has 3 aromatic rings. The maximum Gasteiger partial charge on any atom is 0.261 e. The number of hydrogen-bond acceptors (Lipinski definition) is 3. The third-order valence-corrected chi connectivity index (χ3v) is 6.59. The lowest BCUT2D eigenvalue weighted by Gasteiger charge is -2.20. The third-order valence-electron chi connectivity index (χ3n) is 5.55. The topological polar surface area (TPSA) is 42.0 Å². The van der Waals surface area contributed by atoms with E-state index in [4.69, 9.17) is 4.98 Å². The molecule has 3 nitrogen and oxygen atoms in total. The number of hydrogen-bond donors (Lipinski definition) is 1. The van der Waals surface area contributed by atoms with Crippen LogP contribution in [0.25, 0.3) is 10.2 Å². The largest absolute Gasteiger partial charge is 0.345 e. The van der Waals surface area contributed by atoms with E-state index in [1.807, 2.05) is 24.3 Å². The van der Waals surface area contributed by atoms with E-state index >= 15 is 0 Å². The molecule has 1 aromatic carbocycles. The van der Waals surface area contributed by atoms with Gasteiger partial charge in [-0.05, 0) is 67.7 Å². The van der Waals surface area contributed by atoms with Gasteiger partial charge in [-0.2, -0.15) is 0 Å². The summed E-state index contributed by atoms with van der Waals surface area (Å²) in [6.45, 7) is 4.45. The fraction of sp³-hybridized carbons (Fsp3) is 0.417. The Bertz CT molecular complexity index is 918. The number of nitrogens with one attached hydrogen (secondary N) is 1. The summed E-state index contributed by atoms with van der Waals surface area (Å²) in [5.41, 5.74) is 3.76. The Morgan fingerprint density at radius 2 is 1.89 bits per heavy atom. The molecule has 0 saturated heterocycles. The number of carbonyl (C=O) groups is 1. The number of carbonyl (C=O) groups excluding carboxylic acids is 1. The standard InChI is InChI=1S/C24H28N2OS/c1-16(2)12-13-21(17-8-4-3-5-9-17)25-23(27)22-15-19-14-18-10-6-7-11-20(18)26-24(19)28-22/h3-5,8-9,14-16,21H,6-7,10-13H2,1-2H3,(H,25,27). The highest BCUT2D eigenvalue weighted by molar-refractivity contribution is 7.20. The molecular weight excluding hydrogens is 364 g/mol. The zero-order chi connectivity index (χ0) is 19.5. The van der Waals surface area contributed by atoms with Crippen molar-refractivity contribution in [3.63, 3.8) is 0 Å². The summed E-state index contributed by atoms with van der Waals surface area (Å²) in [6.07, 6.45) is 6.67. The van der Waals surface area contributed by atoms with Crippen LogP contribution in [-0.4, -0.2) is 10.9 Å². The van der Waals surface area contributed by atoms with Gasteiger partial charge in [-0.1, -0.05) is 44.2 Å². The van der Waals surface area contributed by atoms with Crippen LogP contribution in [-0.2, 0) is 12.8 Å². The molecule has 1 N–H and O–H groups in total. The van der Waals surface area contributed by atoms with Crippen molar-refractivity contribution in [2.45, 2.75) is 58.4 Å². The average Bonchev–Trinajstić information content (AvgIpc) is 3.12. The van der Waals surface area contributed by atoms with Gasteiger partial charge in [0.1, 0.15) is 4.83 Å². The molecule has 0 bridgehead atoms. The minimum Gasteiger partial charge on any atom is -0.345 e. The van der Waals surface area contributed by atoms with Gasteiger partial charge in [-0.3, -0.25) is 4.79 Å². The molecule has 0 fully saturated rings. The smallest absolute Gasteiger partial charge is 0.261 e. The summed E-state index contributed by atoms with van der Waals surface area (Å²) in [5, 5.41) is 4.38. The predicted molar refractivity (Wildman–Crippen MR) is 117 cm³/mol. The zero-order valence-electron chi connectivity index (χ0n) is 16.7. The van der Waals surface area contributed by atoms with Gasteiger partial charge in [-0.25, -0.2) is 4.98 Å². The van der Waals surface area contributed by atoms with E-state index in [0.717, 1.165) is 40.8 Å². The van der Waals surface area contributed by atoms with Gasteiger partial charge >= 0.3 is 0 Å². The number of amides is 1. The van der Waals surface area contributed by atoms with Crippen LogP contribution in [0.5, 0.6) is 0 Å². The first-order valence-corrected chi connectivity index (χ1v) is 11.2. The van der Waals surface area contributed by atoms with E-state index in [-0.39, 0.29) is 11.9 Å². The Hall–Kier alpha value is -2.20. The highest BCUT2D eigenvalue weighted by Crippen LogP contribution is 2.30. The lowest BCUT2D eigenvalue weighted by molar-refractivity contribution is 0.0937. The van der Waals surface area contributed by atoms with Crippen LogP contribution < -0.4 is 5.32 Å². The highest BCUT2D eigenvalue weighted by atomic mass is 32.1. The Morgan fingerprint density at radius 1 is 1.11 bits per heavy atom. The molecule has 28 heavy (non-hydrogen) atoms. The van der Waals surface area contributed by atoms with Crippen molar-refractivity contribution < 1.29 is 4.79 Å². The van der Waals surface area contributed by atoms with Crippen molar-refractivity contribution >= 4 is 27.5 Å². The van der Waals surface area contributed by atoms with Crippen LogP contribution >= 0.6 is 11.3 Å². The second-order valence-electron chi connectivity index (χ2n) is 8.21. The van der Waals surface area contributed by atoms with Crippen LogP contribution in [0.15, 0.2) is 42.5 Å². The summed E-state index contributed by atoms with van der Waals surface area (Å²) in [4.78, 5) is 19.6. The molecule has 146 valence electrons. The summed E-state index contributed by atoms with van der Waals surface area (Å²) in [7, 11) is 0. The lowest BCUT2D eigenvalue weighted by Crippen LogP contribution is -2.28.